The van der Waals surface area contributed by atoms with Crippen LogP contribution in [0.15, 0.2) is 40.5 Å². The molecular weight excluding hydrogens is 262 g/mol. The van der Waals surface area contributed by atoms with Crippen LogP contribution in [0.25, 0.3) is 0 Å². The van der Waals surface area contributed by atoms with E-state index in [-0.39, 0.29) is 5.69 Å². The van der Waals surface area contributed by atoms with Crippen molar-refractivity contribution in [1.29, 1.82) is 0 Å². The molecular formula is C11H6F2N2O2S. The van der Waals surface area contributed by atoms with Gasteiger partial charge in [0, 0.05) is 4.90 Å². The van der Waals surface area contributed by atoms with Crippen molar-refractivity contribution >= 4 is 17.7 Å². The third-order valence-corrected chi connectivity index (χ3v) is 2.84. The normalized spacial score (nSPS) is 10.3. The first kappa shape index (κ1) is 12.4. The number of halogens is 2. The van der Waals surface area contributed by atoms with E-state index < -0.39 is 17.6 Å². The number of carboxylic acid groups (broad SMARTS) is 1. The quantitative estimate of drug-likeness (QED) is 0.927. The van der Waals surface area contributed by atoms with Crippen molar-refractivity contribution in [2.75, 3.05) is 0 Å². The average Bonchev–Trinajstić information content (AvgIpc) is 2.34. The highest BCUT2D eigenvalue weighted by atomic mass is 32.2. The molecule has 0 spiro atoms. The van der Waals surface area contributed by atoms with Gasteiger partial charge in [0.15, 0.2) is 17.3 Å². The van der Waals surface area contributed by atoms with E-state index in [0.29, 0.717) is 9.92 Å². The summed E-state index contributed by atoms with van der Waals surface area (Å²) in [6.07, 6.45) is 2.45. The fraction of sp³-hybridized carbons (Fsp3) is 0. The molecule has 0 aliphatic rings. The minimum absolute atomic E-state index is 0.206. The number of carboxylic acids is 1. The number of rotatable bonds is 3. The molecule has 7 heteroatoms. The van der Waals surface area contributed by atoms with Crippen LogP contribution in [-0.2, 0) is 0 Å². The predicted molar refractivity (Wildman–Crippen MR) is 59.5 cm³/mol. The molecule has 0 fully saturated rings. The van der Waals surface area contributed by atoms with Crippen LogP contribution in [0, 0.1) is 11.6 Å². The molecule has 1 aromatic carbocycles. The summed E-state index contributed by atoms with van der Waals surface area (Å²) in [5.41, 5.74) is -0.206. The number of aromatic carboxylic acids is 1. The van der Waals surface area contributed by atoms with Crippen LogP contribution in [0.5, 0.6) is 0 Å². The molecule has 0 unspecified atom stereocenters. The zero-order valence-corrected chi connectivity index (χ0v) is 9.62. The summed E-state index contributed by atoms with van der Waals surface area (Å²) in [5, 5.41) is 9.03. The smallest absolute Gasteiger partial charge is 0.356 e. The Labute approximate surface area is 105 Å². The van der Waals surface area contributed by atoms with Crippen LogP contribution in [0.3, 0.4) is 0 Å². The fourth-order valence-corrected chi connectivity index (χ4v) is 1.96. The minimum atomic E-state index is -1.20. The molecule has 0 amide bonds. The number of nitrogens with zero attached hydrogens (tertiary/aromatic N) is 2. The van der Waals surface area contributed by atoms with Crippen LogP contribution in [0.2, 0.25) is 0 Å². The van der Waals surface area contributed by atoms with Gasteiger partial charge in [-0.3, -0.25) is 4.98 Å². The standard InChI is InChI=1S/C11H6F2N2O2S/c12-7-2-1-6(3-8(7)13)18-10-5-14-4-9(15-10)11(16)17/h1-5H,(H,16,17). The topological polar surface area (TPSA) is 63.1 Å². The van der Waals surface area contributed by atoms with E-state index in [1.807, 2.05) is 0 Å². The number of benzene rings is 1. The Hall–Kier alpha value is -2.02. The van der Waals surface area contributed by atoms with Crippen LogP contribution in [0.4, 0.5) is 8.78 Å². The molecule has 0 atom stereocenters. The Bertz CT molecular complexity index is 607. The Morgan fingerprint density at radius 3 is 2.67 bits per heavy atom. The molecule has 0 aliphatic heterocycles. The lowest BCUT2D eigenvalue weighted by Crippen LogP contribution is -2.01. The third-order valence-electron chi connectivity index (χ3n) is 1.95. The lowest BCUT2D eigenvalue weighted by atomic mass is 10.3. The molecule has 92 valence electrons. The zero-order valence-electron chi connectivity index (χ0n) is 8.80. The number of hydrogen-bond donors (Lipinski definition) is 1. The lowest BCUT2D eigenvalue weighted by molar-refractivity contribution is 0.0689. The predicted octanol–water partition coefficient (Wildman–Crippen LogP) is 2.60. The SMILES string of the molecule is O=C(O)c1cncc(Sc2ccc(F)c(F)c2)n1. The maximum atomic E-state index is 13.0. The highest BCUT2D eigenvalue weighted by Gasteiger charge is 2.08. The van der Waals surface area contributed by atoms with Gasteiger partial charge < -0.3 is 5.11 Å². The summed E-state index contributed by atoms with van der Waals surface area (Å²) in [5.74, 6) is -3.11. The first-order valence-electron chi connectivity index (χ1n) is 4.74. The molecule has 0 saturated heterocycles. The second-order valence-electron chi connectivity index (χ2n) is 3.23. The first-order valence-corrected chi connectivity index (χ1v) is 5.56. The third kappa shape index (κ3) is 2.80. The van der Waals surface area contributed by atoms with Gasteiger partial charge in [0.1, 0.15) is 5.03 Å². The van der Waals surface area contributed by atoms with Gasteiger partial charge >= 0.3 is 5.97 Å². The highest BCUT2D eigenvalue weighted by Crippen LogP contribution is 2.26. The highest BCUT2D eigenvalue weighted by molar-refractivity contribution is 7.99. The van der Waals surface area contributed by atoms with Gasteiger partial charge in [-0.15, -0.1) is 0 Å². The van der Waals surface area contributed by atoms with E-state index in [2.05, 4.69) is 9.97 Å². The largest absolute Gasteiger partial charge is 0.476 e. The van der Waals surface area contributed by atoms with E-state index >= 15 is 0 Å². The molecule has 2 aromatic rings. The lowest BCUT2D eigenvalue weighted by Gasteiger charge is -2.02. The second-order valence-corrected chi connectivity index (χ2v) is 4.32. The zero-order chi connectivity index (χ0) is 13.1. The molecule has 1 heterocycles. The maximum Gasteiger partial charge on any atom is 0.356 e. The van der Waals surface area contributed by atoms with Crippen LogP contribution in [-0.4, -0.2) is 21.0 Å². The van der Waals surface area contributed by atoms with Crippen molar-refractivity contribution in [3.8, 4) is 0 Å². The molecule has 1 N–H and O–H groups in total. The Kier molecular flexibility index (Phi) is 3.52. The summed E-state index contributed by atoms with van der Waals surface area (Å²) < 4.78 is 25.7. The minimum Gasteiger partial charge on any atom is -0.476 e. The molecule has 18 heavy (non-hydrogen) atoms. The van der Waals surface area contributed by atoms with E-state index in [9.17, 15) is 13.6 Å². The van der Waals surface area contributed by atoms with Crippen molar-refractivity contribution in [3.05, 3.63) is 47.9 Å². The van der Waals surface area contributed by atoms with E-state index in [0.717, 1.165) is 30.1 Å². The van der Waals surface area contributed by atoms with Crippen LogP contribution in [0.1, 0.15) is 10.5 Å². The monoisotopic (exact) mass is 268 g/mol. The molecule has 0 bridgehead atoms. The molecule has 0 saturated carbocycles. The fourth-order valence-electron chi connectivity index (χ4n) is 1.16. The van der Waals surface area contributed by atoms with E-state index in [1.54, 1.807) is 0 Å². The average molecular weight is 268 g/mol. The van der Waals surface area contributed by atoms with Crippen molar-refractivity contribution < 1.29 is 18.7 Å². The van der Waals surface area contributed by atoms with Gasteiger partial charge in [-0.2, -0.15) is 0 Å². The Morgan fingerprint density at radius 2 is 2.00 bits per heavy atom. The molecule has 4 nitrogen and oxygen atoms in total. The van der Waals surface area contributed by atoms with Crippen LogP contribution >= 0.6 is 11.8 Å². The number of hydrogen-bond acceptors (Lipinski definition) is 4. The van der Waals surface area contributed by atoms with Crippen molar-refractivity contribution in [2.24, 2.45) is 0 Å². The van der Waals surface area contributed by atoms with E-state index in [4.69, 9.17) is 5.11 Å². The van der Waals surface area contributed by atoms with Gasteiger partial charge in [0.05, 0.1) is 12.4 Å². The van der Waals surface area contributed by atoms with Gasteiger partial charge in [0.25, 0.3) is 0 Å². The van der Waals surface area contributed by atoms with Crippen molar-refractivity contribution in [3.63, 3.8) is 0 Å². The number of aromatic nitrogens is 2. The summed E-state index contributed by atoms with van der Waals surface area (Å²) >= 11 is 0.998. The van der Waals surface area contributed by atoms with Gasteiger partial charge in [0.2, 0.25) is 0 Å². The molecule has 1 aromatic heterocycles. The van der Waals surface area contributed by atoms with Gasteiger partial charge in [-0.1, -0.05) is 11.8 Å². The second kappa shape index (κ2) is 5.09. The Balaban J connectivity index is 2.25. The van der Waals surface area contributed by atoms with Crippen molar-refractivity contribution in [2.45, 2.75) is 9.92 Å². The van der Waals surface area contributed by atoms with Crippen LogP contribution < -0.4 is 0 Å². The Morgan fingerprint density at radius 1 is 1.22 bits per heavy atom. The summed E-state index contributed by atoms with van der Waals surface area (Å²) in [6.45, 7) is 0. The maximum absolute atomic E-state index is 13.0. The van der Waals surface area contributed by atoms with Crippen molar-refractivity contribution in [1.82, 2.24) is 9.97 Å². The summed E-state index contributed by atoms with van der Waals surface area (Å²) in [6, 6.07) is 3.37. The summed E-state index contributed by atoms with van der Waals surface area (Å²) in [4.78, 5) is 18.6. The van der Waals surface area contributed by atoms with Gasteiger partial charge in [-0.25, -0.2) is 18.6 Å². The van der Waals surface area contributed by atoms with E-state index in [1.165, 1.54) is 12.3 Å². The molecule has 0 aliphatic carbocycles. The number of carbonyl (C=O) groups is 1. The molecule has 0 radical (unpaired) electrons. The first-order chi connectivity index (χ1) is 8.56. The summed E-state index contributed by atoms with van der Waals surface area (Å²) in [7, 11) is 0. The molecule has 2 rings (SSSR count). The van der Waals surface area contributed by atoms with Gasteiger partial charge in [-0.05, 0) is 18.2 Å².